The molecule has 0 fully saturated rings. The van der Waals surface area contributed by atoms with Crippen LogP contribution in [0.2, 0.25) is 0 Å². The van der Waals surface area contributed by atoms with Gasteiger partial charge in [0.1, 0.15) is 12.2 Å². The number of hydrogen-bond acceptors (Lipinski definition) is 4. The minimum Gasteiger partial charge on any atom is -0.354 e. The second-order valence-electron chi connectivity index (χ2n) is 6.81. The molecule has 0 saturated heterocycles. The molecule has 1 atom stereocenters. The van der Waals surface area contributed by atoms with Gasteiger partial charge in [-0.05, 0) is 61.0 Å². The smallest absolute Gasteiger partial charge is 0.194 e. The van der Waals surface area contributed by atoms with Crippen LogP contribution in [-0.4, -0.2) is 36.5 Å². The second-order valence-corrected chi connectivity index (χ2v) is 7.89. The number of nitrogens with one attached hydrogen (secondary N) is 2. The summed E-state index contributed by atoms with van der Waals surface area (Å²) in [6.45, 7) is 3.74. The maximum Gasteiger partial charge on any atom is 0.194 e. The van der Waals surface area contributed by atoms with Crippen molar-refractivity contribution in [1.29, 1.82) is 0 Å². The molecular weight excluding hydrogens is 451 g/mol. The van der Waals surface area contributed by atoms with Gasteiger partial charge in [-0.1, -0.05) is 54.3 Å². The van der Waals surface area contributed by atoms with Gasteiger partial charge in [-0.2, -0.15) is 0 Å². The van der Waals surface area contributed by atoms with Gasteiger partial charge in [0.25, 0.3) is 0 Å². The number of benzene rings is 1. The van der Waals surface area contributed by atoms with E-state index in [9.17, 15) is 4.79 Å². The van der Waals surface area contributed by atoms with Crippen LogP contribution in [0, 0.1) is 12.3 Å². The minimum absolute atomic E-state index is 0.0614. The quantitative estimate of drug-likeness (QED) is 0.181. The summed E-state index contributed by atoms with van der Waals surface area (Å²) < 4.78 is 7.07. The number of ether oxygens (including phenoxy) is 1. The van der Waals surface area contributed by atoms with Crippen molar-refractivity contribution in [3.8, 4) is 12.3 Å². The van der Waals surface area contributed by atoms with E-state index in [1.165, 1.54) is 0 Å². The molecule has 150 valence electrons. The first kappa shape index (κ1) is 24.1. The van der Waals surface area contributed by atoms with Gasteiger partial charge in [0.2, 0.25) is 0 Å². The van der Waals surface area contributed by atoms with Gasteiger partial charge in [-0.3, -0.25) is 4.79 Å². The zero-order valence-electron chi connectivity index (χ0n) is 16.9. The van der Waals surface area contributed by atoms with E-state index < -0.39 is 5.60 Å². The zero-order valence-corrected chi connectivity index (χ0v) is 19.0. The predicted octanol–water partition coefficient (Wildman–Crippen LogP) is 4.10. The van der Waals surface area contributed by atoms with Gasteiger partial charge in [0.15, 0.2) is 5.78 Å². The maximum absolute atomic E-state index is 13.7. The monoisotopic (exact) mass is 484 g/mol. The Hall–Kier alpha value is -0.940. The average molecular weight is 484 g/mol. The van der Waals surface area contributed by atoms with Crippen LogP contribution < -0.4 is 10.6 Å². The van der Waals surface area contributed by atoms with Crippen molar-refractivity contribution < 1.29 is 9.53 Å². The standard InChI is InChI=1S/C22H33IN2O2/c1-5-7-9-22(10-8-11-23,27-12-6-2)21(26)20-14-18(16-24-3)13-19(15-20)17-25-4/h2,13-15,24-25H,5,7-12,16-17H2,1,3-4H3/t22-/m0/s1. The Balaban J connectivity index is 3.33. The lowest BCUT2D eigenvalue weighted by molar-refractivity contribution is -0.0232. The molecule has 1 rings (SSSR count). The number of Topliss-reactive ketones (excluding diaryl/α,β-unsaturated/α-hetero) is 1. The highest BCUT2D eigenvalue weighted by Gasteiger charge is 2.39. The Morgan fingerprint density at radius 2 is 1.74 bits per heavy atom. The van der Waals surface area contributed by atoms with Gasteiger partial charge in [0, 0.05) is 18.7 Å². The van der Waals surface area contributed by atoms with Crippen LogP contribution in [-0.2, 0) is 17.8 Å². The van der Waals surface area contributed by atoms with Crippen LogP contribution in [0.4, 0.5) is 0 Å². The maximum atomic E-state index is 13.7. The molecule has 2 N–H and O–H groups in total. The van der Waals surface area contributed by atoms with Crippen LogP contribution >= 0.6 is 22.6 Å². The van der Waals surface area contributed by atoms with Crippen molar-refractivity contribution in [2.45, 2.75) is 57.7 Å². The summed E-state index contributed by atoms with van der Waals surface area (Å²) in [5.41, 5.74) is 2.09. The summed E-state index contributed by atoms with van der Waals surface area (Å²) in [6.07, 6.45) is 9.75. The van der Waals surface area contributed by atoms with E-state index in [-0.39, 0.29) is 12.4 Å². The molecule has 1 aromatic carbocycles. The Labute approximate surface area is 178 Å². The molecule has 1 aromatic rings. The Kier molecular flexibility index (Phi) is 11.8. The van der Waals surface area contributed by atoms with Crippen molar-refractivity contribution in [3.05, 3.63) is 34.9 Å². The van der Waals surface area contributed by atoms with Crippen LogP contribution in [0.25, 0.3) is 0 Å². The predicted molar refractivity (Wildman–Crippen MR) is 121 cm³/mol. The van der Waals surface area contributed by atoms with Gasteiger partial charge < -0.3 is 15.4 Å². The van der Waals surface area contributed by atoms with Crippen LogP contribution in [0.3, 0.4) is 0 Å². The number of carbonyl (C=O) groups excluding carboxylic acids is 1. The number of carbonyl (C=O) groups is 1. The number of unbranched alkanes of at least 4 members (excludes halogenated alkanes) is 1. The van der Waals surface area contributed by atoms with Crippen molar-refractivity contribution in [3.63, 3.8) is 0 Å². The summed E-state index contributed by atoms with van der Waals surface area (Å²) in [5.74, 6) is 2.61. The molecule has 0 unspecified atom stereocenters. The van der Waals surface area contributed by atoms with E-state index in [1.807, 2.05) is 26.2 Å². The van der Waals surface area contributed by atoms with E-state index >= 15 is 0 Å². The first-order valence-electron chi connectivity index (χ1n) is 9.67. The molecule has 0 amide bonds. The Morgan fingerprint density at radius 1 is 1.15 bits per heavy atom. The summed E-state index contributed by atoms with van der Waals surface area (Å²) in [4.78, 5) is 13.7. The SMILES string of the molecule is C#CCO[C@@](CCCC)(CCCI)C(=O)c1cc(CNC)cc(CNC)c1. The lowest BCUT2D eigenvalue weighted by Gasteiger charge is -2.32. The molecule has 5 heteroatoms. The van der Waals surface area contributed by atoms with E-state index in [1.54, 1.807) is 0 Å². The molecule has 0 aromatic heterocycles. The molecule has 0 aliphatic carbocycles. The molecule has 0 saturated carbocycles. The summed E-state index contributed by atoms with van der Waals surface area (Å²) in [7, 11) is 3.82. The van der Waals surface area contributed by atoms with Gasteiger partial charge in [-0.25, -0.2) is 0 Å². The summed E-state index contributed by atoms with van der Waals surface area (Å²) in [6, 6.07) is 6.11. The first-order valence-corrected chi connectivity index (χ1v) is 11.2. The van der Waals surface area contributed by atoms with Gasteiger partial charge in [-0.15, -0.1) is 6.42 Å². The summed E-state index contributed by atoms with van der Waals surface area (Å²) >= 11 is 2.35. The fourth-order valence-corrected chi connectivity index (χ4v) is 3.71. The fraction of sp³-hybridized carbons (Fsp3) is 0.591. The Bertz CT molecular complexity index is 593. The highest BCUT2D eigenvalue weighted by atomic mass is 127. The minimum atomic E-state index is -0.831. The fourth-order valence-electron chi connectivity index (χ4n) is 3.33. The second kappa shape index (κ2) is 13.3. The van der Waals surface area contributed by atoms with E-state index in [0.29, 0.717) is 12.8 Å². The van der Waals surface area contributed by atoms with Crippen molar-refractivity contribution in [2.24, 2.45) is 0 Å². The van der Waals surface area contributed by atoms with E-state index in [0.717, 1.165) is 53.5 Å². The van der Waals surface area contributed by atoms with Crippen LogP contribution in [0.1, 0.15) is 60.5 Å². The summed E-state index contributed by atoms with van der Waals surface area (Å²) in [5, 5.41) is 6.34. The molecule has 0 bridgehead atoms. The number of alkyl halides is 1. The molecule has 0 aliphatic heterocycles. The van der Waals surface area contributed by atoms with Gasteiger partial charge in [0.05, 0.1) is 0 Å². The molecular formula is C22H33IN2O2. The first-order chi connectivity index (χ1) is 13.1. The molecule has 0 heterocycles. The van der Waals surface area contributed by atoms with E-state index in [4.69, 9.17) is 11.2 Å². The Morgan fingerprint density at radius 3 is 2.22 bits per heavy atom. The molecule has 0 radical (unpaired) electrons. The number of rotatable bonds is 14. The van der Waals surface area contributed by atoms with Crippen molar-refractivity contribution in [2.75, 3.05) is 25.1 Å². The highest BCUT2D eigenvalue weighted by molar-refractivity contribution is 14.1. The van der Waals surface area contributed by atoms with Gasteiger partial charge >= 0.3 is 0 Å². The topological polar surface area (TPSA) is 50.4 Å². The third-order valence-electron chi connectivity index (χ3n) is 4.57. The third-order valence-corrected chi connectivity index (χ3v) is 5.33. The van der Waals surface area contributed by atoms with Crippen LogP contribution in [0.15, 0.2) is 18.2 Å². The lowest BCUT2D eigenvalue weighted by atomic mass is 9.83. The lowest BCUT2D eigenvalue weighted by Crippen LogP contribution is -2.42. The third kappa shape index (κ3) is 7.53. The number of hydrogen-bond donors (Lipinski definition) is 2. The molecule has 4 nitrogen and oxygen atoms in total. The van der Waals surface area contributed by atoms with Crippen molar-refractivity contribution in [1.82, 2.24) is 10.6 Å². The number of terminal acetylenes is 1. The largest absolute Gasteiger partial charge is 0.354 e. The molecule has 27 heavy (non-hydrogen) atoms. The zero-order chi connectivity index (χ0) is 20.1. The van der Waals surface area contributed by atoms with E-state index in [2.05, 4.69) is 52.1 Å². The number of ketones is 1. The molecule has 0 spiro atoms. The van der Waals surface area contributed by atoms with Crippen molar-refractivity contribution >= 4 is 28.4 Å². The average Bonchev–Trinajstić information content (AvgIpc) is 2.67. The molecule has 0 aliphatic rings. The highest BCUT2D eigenvalue weighted by Crippen LogP contribution is 2.31. The van der Waals surface area contributed by atoms with Crippen LogP contribution in [0.5, 0.6) is 0 Å². The number of halogens is 1. The normalized spacial score (nSPS) is 13.1.